The highest BCUT2D eigenvalue weighted by Gasteiger charge is 2.21. The van der Waals surface area contributed by atoms with Gasteiger partial charge in [-0.15, -0.1) is 24.0 Å². The van der Waals surface area contributed by atoms with Gasteiger partial charge in [-0.1, -0.05) is 36.4 Å². The number of para-hydroxylation sites is 1. The van der Waals surface area contributed by atoms with Crippen molar-refractivity contribution in [3.8, 4) is 0 Å². The number of hydrogen-bond acceptors (Lipinski definition) is 3. The Kier molecular flexibility index (Phi) is 9.85. The number of piperazine rings is 1. The highest BCUT2D eigenvalue weighted by molar-refractivity contribution is 14.0. The Hall–Kier alpha value is -2.36. The molecule has 2 aromatic rings. The molecule has 2 N–H and O–H groups in total. The van der Waals surface area contributed by atoms with Crippen molar-refractivity contribution in [1.82, 2.24) is 15.5 Å². The molecule has 0 aliphatic carbocycles. The van der Waals surface area contributed by atoms with Gasteiger partial charge in [-0.25, -0.2) is 4.39 Å². The summed E-state index contributed by atoms with van der Waals surface area (Å²) in [7, 11) is 1.65. The smallest absolute Gasteiger partial charge is 0.242 e. The average molecular weight is 525 g/mol. The van der Waals surface area contributed by atoms with E-state index in [0.717, 1.165) is 13.1 Å². The van der Waals surface area contributed by atoms with Crippen LogP contribution in [-0.2, 0) is 11.2 Å². The molecule has 162 valence electrons. The normalized spacial score (nSPS) is 14.1. The molecule has 0 bridgehead atoms. The van der Waals surface area contributed by atoms with E-state index in [4.69, 9.17) is 0 Å². The molecule has 6 nitrogen and oxygen atoms in total. The number of amides is 1. The number of anilines is 1. The van der Waals surface area contributed by atoms with Gasteiger partial charge in [-0.05, 0) is 30.2 Å². The van der Waals surface area contributed by atoms with Crippen LogP contribution in [0.5, 0.6) is 0 Å². The molecule has 1 amide bonds. The number of nitrogens with one attached hydrogen (secondary N) is 2. The molecule has 0 atom stereocenters. The highest BCUT2D eigenvalue weighted by Crippen LogP contribution is 2.15. The lowest BCUT2D eigenvalue weighted by Crippen LogP contribution is -2.52. The lowest BCUT2D eigenvalue weighted by molar-refractivity contribution is -0.130. The topological polar surface area (TPSA) is 60.0 Å². The lowest BCUT2D eigenvalue weighted by Gasteiger charge is -2.36. The van der Waals surface area contributed by atoms with Gasteiger partial charge in [0.05, 0.1) is 6.54 Å². The van der Waals surface area contributed by atoms with Crippen LogP contribution in [0.3, 0.4) is 0 Å². The number of nitrogens with zero attached hydrogens (tertiary/aromatic N) is 3. The predicted octanol–water partition coefficient (Wildman–Crippen LogP) is 2.50. The van der Waals surface area contributed by atoms with E-state index in [9.17, 15) is 9.18 Å². The Morgan fingerprint density at radius 3 is 2.33 bits per heavy atom. The van der Waals surface area contributed by atoms with Crippen LogP contribution < -0.4 is 15.5 Å². The molecule has 1 aliphatic rings. The molecule has 30 heavy (non-hydrogen) atoms. The average Bonchev–Trinajstić information content (AvgIpc) is 2.78. The van der Waals surface area contributed by atoms with Crippen LogP contribution in [0.2, 0.25) is 0 Å². The second-order valence-electron chi connectivity index (χ2n) is 6.90. The summed E-state index contributed by atoms with van der Waals surface area (Å²) in [6.07, 6.45) is 0.544. The number of hydrogen-bond donors (Lipinski definition) is 2. The zero-order valence-corrected chi connectivity index (χ0v) is 19.5. The van der Waals surface area contributed by atoms with Crippen LogP contribution in [0.4, 0.5) is 10.1 Å². The molecule has 0 saturated carbocycles. The van der Waals surface area contributed by atoms with Crippen molar-refractivity contribution in [3.05, 3.63) is 66.0 Å². The van der Waals surface area contributed by atoms with Crippen molar-refractivity contribution >= 4 is 41.5 Å². The first-order chi connectivity index (χ1) is 14.2. The first kappa shape index (κ1) is 23.9. The first-order valence-corrected chi connectivity index (χ1v) is 9.93. The van der Waals surface area contributed by atoms with Gasteiger partial charge < -0.3 is 20.4 Å². The minimum absolute atomic E-state index is 0. The number of aliphatic imine (C=N–C) groups is 1. The van der Waals surface area contributed by atoms with E-state index in [1.165, 1.54) is 11.8 Å². The minimum atomic E-state index is -0.206. The maximum Gasteiger partial charge on any atom is 0.242 e. The fourth-order valence-corrected chi connectivity index (χ4v) is 3.36. The van der Waals surface area contributed by atoms with Crippen molar-refractivity contribution < 1.29 is 9.18 Å². The molecule has 8 heteroatoms. The van der Waals surface area contributed by atoms with E-state index in [0.29, 0.717) is 37.6 Å². The molecule has 0 aromatic heterocycles. The molecule has 1 fully saturated rings. The third-order valence-corrected chi connectivity index (χ3v) is 5.03. The van der Waals surface area contributed by atoms with Crippen LogP contribution >= 0.6 is 24.0 Å². The molecule has 0 unspecified atom stereocenters. The van der Waals surface area contributed by atoms with Crippen molar-refractivity contribution in [2.24, 2.45) is 4.99 Å². The van der Waals surface area contributed by atoms with Gasteiger partial charge in [-0.2, -0.15) is 0 Å². The van der Waals surface area contributed by atoms with Crippen molar-refractivity contribution in [2.75, 3.05) is 51.2 Å². The molecule has 1 heterocycles. The zero-order chi connectivity index (χ0) is 20.5. The number of carbonyl (C=O) groups excluding carboxylic acids is 1. The maximum atomic E-state index is 13.7. The molecule has 1 saturated heterocycles. The largest absolute Gasteiger partial charge is 0.368 e. The molecule has 3 rings (SSSR count). The minimum Gasteiger partial charge on any atom is -0.368 e. The molecule has 2 aromatic carbocycles. The summed E-state index contributed by atoms with van der Waals surface area (Å²) in [5.41, 5.74) is 1.85. The predicted molar refractivity (Wildman–Crippen MR) is 130 cm³/mol. The van der Waals surface area contributed by atoms with E-state index < -0.39 is 0 Å². The summed E-state index contributed by atoms with van der Waals surface area (Å²) in [5.74, 6) is 0.384. The summed E-state index contributed by atoms with van der Waals surface area (Å²) in [6.45, 7) is 3.77. The van der Waals surface area contributed by atoms with E-state index in [1.54, 1.807) is 19.2 Å². The van der Waals surface area contributed by atoms with Crippen molar-refractivity contribution in [3.63, 3.8) is 0 Å². The highest BCUT2D eigenvalue weighted by atomic mass is 127. The van der Waals surface area contributed by atoms with Gasteiger partial charge in [0.15, 0.2) is 5.96 Å². The Morgan fingerprint density at radius 1 is 1.00 bits per heavy atom. The summed E-state index contributed by atoms with van der Waals surface area (Å²) in [4.78, 5) is 20.8. The van der Waals surface area contributed by atoms with Crippen molar-refractivity contribution in [2.45, 2.75) is 6.42 Å². The second-order valence-corrected chi connectivity index (χ2v) is 6.90. The van der Waals surface area contributed by atoms with Crippen LogP contribution in [0.25, 0.3) is 0 Å². The quantitative estimate of drug-likeness (QED) is 0.346. The second kappa shape index (κ2) is 12.4. The number of guanidine groups is 1. The van der Waals surface area contributed by atoms with Crippen LogP contribution in [0, 0.1) is 5.82 Å². The molecular formula is C22H29FIN5O. The molecule has 0 radical (unpaired) electrons. The third kappa shape index (κ3) is 6.86. The third-order valence-electron chi connectivity index (χ3n) is 5.03. The molecular weight excluding hydrogens is 496 g/mol. The van der Waals surface area contributed by atoms with Crippen molar-refractivity contribution in [1.29, 1.82) is 0 Å². The maximum absolute atomic E-state index is 13.7. The van der Waals surface area contributed by atoms with Gasteiger partial charge >= 0.3 is 0 Å². The Morgan fingerprint density at radius 2 is 1.67 bits per heavy atom. The van der Waals surface area contributed by atoms with E-state index >= 15 is 0 Å². The summed E-state index contributed by atoms with van der Waals surface area (Å²) in [6, 6.07) is 17.0. The number of benzene rings is 2. The molecule has 1 aliphatic heterocycles. The van der Waals surface area contributed by atoms with Gasteiger partial charge in [0.1, 0.15) is 5.82 Å². The Balaban J connectivity index is 0.00000320. The van der Waals surface area contributed by atoms with Crippen LogP contribution in [0.15, 0.2) is 59.6 Å². The number of carbonyl (C=O) groups is 1. The Bertz CT molecular complexity index is 825. The fourth-order valence-electron chi connectivity index (χ4n) is 3.36. The number of halogens is 2. The van der Waals surface area contributed by atoms with E-state index in [2.05, 4.69) is 32.7 Å². The van der Waals surface area contributed by atoms with Gasteiger partial charge in [0, 0.05) is 45.5 Å². The van der Waals surface area contributed by atoms with Gasteiger partial charge in [-0.3, -0.25) is 9.79 Å². The first-order valence-electron chi connectivity index (χ1n) is 9.93. The summed E-state index contributed by atoms with van der Waals surface area (Å²) < 4.78 is 13.7. The Labute approximate surface area is 194 Å². The van der Waals surface area contributed by atoms with Gasteiger partial charge in [0.25, 0.3) is 0 Å². The van der Waals surface area contributed by atoms with Crippen LogP contribution in [0.1, 0.15) is 5.56 Å². The van der Waals surface area contributed by atoms with Crippen LogP contribution in [-0.4, -0.2) is 63.1 Å². The fraction of sp³-hybridized carbons (Fsp3) is 0.364. The zero-order valence-electron chi connectivity index (χ0n) is 17.2. The summed E-state index contributed by atoms with van der Waals surface area (Å²) in [5, 5.41) is 6.18. The SMILES string of the molecule is CN=C(NCCc1ccccc1F)NCC(=O)N1CCN(c2ccccc2)CC1.I. The summed E-state index contributed by atoms with van der Waals surface area (Å²) >= 11 is 0. The van der Waals surface area contributed by atoms with Gasteiger partial charge in [0.2, 0.25) is 5.91 Å². The van der Waals surface area contributed by atoms with E-state index in [1.807, 2.05) is 29.2 Å². The standard InChI is InChI=1S/C22H28FN5O.HI/c1-24-22(25-12-11-18-7-5-6-10-20(18)23)26-17-21(29)28-15-13-27(14-16-28)19-8-3-2-4-9-19;/h2-10H,11-17H2,1H3,(H2,24,25,26);1H. The monoisotopic (exact) mass is 525 g/mol. The lowest BCUT2D eigenvalue weighted by atomic mass is 10.1. The number of rotatable bonds is 6. The molecule has 0 spiro atoms. The van der Waals surface area contributed by atoms with E-state index in [-0.39, 0.29) is 42.2 Å².